The molecule has 4 fully saturated rings. The van der Waals surface area contributed by atoms with Gasteiger partial charge < -0.3 is 4.52 Å². The Hall–Kier alpha value is 0.670. The lowest BCUT2D eigenvalue weighted by molar-refractivity contribution is 0.0286. The van der Waals surface area contributed by atoms with E-state index < -0.39 is 6.07 Å². The molecule has 0 aromatic carbocycles. The van der Waals surface area contributed by atoms with E-state index in [2.05, 4.69) is 15.5 Å². The summed E-state index contributed by atoms with van der Waals surface area (Å²) in [6.45, 7) is 2.50. The van der Waals surface area contributed by atoms with E-state index in [1.807, 2.05) is 6.92 Å². The monoisotopic (exact) mass is 306 g/mol. The van der Waals surface area contributed by atoms with Gasteiger partial charge >= 0.3 is 0 Å². The number of rotatable bonds is 3. The van der Waals surface area contributed by atoms with Crippen molar-refractivity contribution < 1.29 is 9.09 Å². The topological polar surface area (TPSA) is 26.3 Å². The number of hydrogen-bond donors (Lipinski definition) is 0. The van der Waals surface area contributed by atoms with Crippen molar-refractivity contribution in [2.45, 2.75) is 50.6 Å². The summed E-state index contributed by atoms with van der Waals surface area (Å²) < 4.78 is 18.3. The fourth-order valence-electron chi connectivity index (χ4n) is 4.70. The van der Waals surface area contributed by atoms with Crippen LogP contribution in [0.2, 0.25) is 0 Å². The van der Waals surface area contributed by atoms with Crippen LogP contribution >= 0.6 is 21.6 Å². The summed E-state index contributed by atoms with van der Waals surface area (Å²) >= 11 is 3.46. The molecule has 0 aromatic rings. The minimum absolute atomic E-state index is 0.00222. The van der Waals surface area contributed by atoms with Gasteiger partial charge in [0.25, 0.3) is 6.07 Å². The Bertz CT molecular complexity index is 307. The van der Waals surface area contributed by atoms with Gasteiger partial charge in [0.05, 0.1) is 11.8 Å². The minimum Gasteiger partial charge on any atom is -0.321 e. The van der Waals surface area contributed by atoms with Crippen molar-refractivity contribution in [1.29, 1.82) is 0 Å². The van der Waals surface area contributed by atoms with Crippen LogP contribution in [-0.4, -0.2) is 11.8 Å². The van der Waals surface area contributed by atoms with Crippen LogP contribution in [0, 0.1) is 17.8 Å². The van der Waals surface area contributed by atoms with Crippen LogP contribution < -0.4 is 0 Å². The molecule has 0 aliphatic heterocycles. The molecule has 4 aliphatic rings. The zero-order valence-corrected chi connectivity index (χ0v) is 12.3. The molecule has 4 rings (SSSR count). The van der Waals surface area contributed by atoms with Gasteiger partial charge in [-0.2, -0.15) is 0 Å². The third kappa shape index (κ3) is 1.66. The highest BCUT2D eigenvalue weighted by Gasteiger charge is 2.59. The second-order valence-corrected chi connectivity index (χ2v) is 11.0. The van der Waals surface area contributed by atoms with Gasteiger partial charge in [0.15, 0.2) is 0 Å². The molecule has 4 aliphatic carbocycles. The van der Waals surface area contributed by atoms with Crippen LogP contribution in [0.5, 0.6) is 0 Å². The standard InChI is InChI=1S/C12H20BrO2P/c1-2-15-16(13,14)12-6-9-3-10(7-12)5-11(4-9)8-12/h9-11H,2-8H2,1H3. The van der Waals surface area contributed by atoms with E-state index in [4.69, 9.17) is 4.52 Å². The Morgan fingerprint density at radius 2 is 1.62 bits per heavy atom. The molecule has 4 heteroatoms. The van der Waals surface area contributed by atoms with E-state index in [9.17, 15) is 4.57 Å². The highest BCUT2D eigenvalue weighted by molar-refractivity contribution is 9.40. The second kappa shape index (κ2) is 3.83. The largest absolute Gasteiger partial charge is 0.321 e. The van der Waals surface area contributed by atoms with E-state index in [1.165, 1.54) is 19.3 Å². The van der Waals surface area contributed by atoms with E-state index >= 15 is 0 Å². The van der Waals surface area contributed by atoms with Gasteiger partial charge in [-0.05, 0) is 63.2 Å². The molecule has 0 heterocycles. The van der Waals surface area contributed by atoms with Crippen LogP contribution in [0.3, 0.4) is 0 Å². The first-order valence-corrected chi connectivity index (χ1v) is 10.1. The smallest absolute Gasteiger partial charge is 0.271 e. The van der Waals surface area contributed by atoms with E-state index in [-0.39, 0.29) is 5.16 Å². The molecule has 16 heavy (non-hydrogen) atoms. The van der Waals surface area contributed by atoms with Crippen molar-refractivity contribution in [2.75, 3.05) is 6.61 Å². The molecule has 0 aromatic heterocycles. The molecule has 0 N–H and O–H groups in total. The van der Waals surface area contributed by atoms with Crippen molar-refractivity contribution in [3.05, 3.63) is 0 Å². The molecule has 4 saturated carbocycles. The van der Waals surface area contributed by atoms with Crippen molar-refractivity contribution >= 4 is 21.6 Å². The van der Waals surface area contributed by atoms with Crippen molar-refractivity contribution in [3.8, 4) is 0 Å². The molecule has 4 bridgehead atoms. The summed E-state index contributed by atoms with van der Waals surface area (Å²) in [5.74, 6) is 2.49. The molecule has 1 atom stereocenters. The van der Waals surface area contributed by atoms with Crippen LogP contribution in [0.25, 0.3) is 0 Å². The third-order valence-electron chi connectivity index (χ3n) is 4.87. The van der Waals surface area contributed by atoms with Gasteiger partial charge in [-0.1, -0.05) is 0 Å². The highest BCUT2D eigenvalue weighted by Crippen LogP contribution is 2.76. The third-order valence-corrected chi connectivity index (χ3v) is 10.0. The predicted octanol–water partition coefficient (Wildman–Crippen LogP) is 4.58. The number of hydrogen-bond acceptors (Lipinski definition) is 2. The molecular weight excluding hydrogens is 287 g/mol. The average molecular weight is 307 g/mol. The van der Waals surface area contributed by atoms with Gasteiger partial charge in [0.2, 0.25) is 0 Å². The molecular formula is C12H20BrO2P. The first-order valence-electron chi connectivity index (χ1n) is 6.49. The Labute approximate surface area is 106 Å². The summed E-state index contributed by atoms with van der Waals surface area (Å²) in [5, 5.41) is -0.00222. The lowest BCUT2D eigenvalue weighted by Crippen LogP contribution is -2.49. The molecule has 0 saturated heterocycles. The van der Waals surface area contributed by atoms with E-state index in [1.54, 1.807) is 0 Å². The van der Waals surface area contributed by atoms with Gasteiger partial charge in [-0.3, -0.25) is 4.57 Å². The minimum atomic E-state index is -2.58. The summed E-state index contributed by atoms with van der Waals surface area (Å²) in [7, 11) is 0. The second-order valence-electron chi connectivity index (χ2n) is 6.04. The van der Waals surface area contributed by atoms with Crippen LogP contribution in [0.15, 0.2) is 0 Å². The molecule has 92 valence electrons. The Balaban J connectivity index is 1.91. The summed E-state index contributed by atoms with van der Waals surface area (Å²) in [6.07, 6.45) is 5.00. The normalized spacial score (nSPS) is 49.2. The zero-order valence-electron chi connectivity index (χ0n) is 9.82. The Kier molecular flexibility index (Phi) is 2.81. The van der Waals surface area contributed by atoms with Crippen molar-refractivity contribution in [1.82, 2.24) is 0 Å². The SMILES string of the molecule is CCOP(=O)(Br)C12CC3CC(CC(C3)C1)C2. The molecule has 1 unspecified atom stereocenters. The average Bonchev–Trinajstić information content (AvgIpc) is 2.14. The lowest BCUT2D eigenvalue weighted by atomic mass is 9.56. The first-order chi connectivity index (χ1) is 7.55. The maximum absolute atomic E-state index is 12.8. The van der Waals surface area contributed by atoms with E-state index in [0.717, 1.165) is 37.0 Å². The summed E-state index contributed by atoms with van der Waals surface area (Å²) in [4.78, 5) is 0. The Morgan fingerprint density at radius 3 is 2.00 bits per heavy atom. The maximum Gasteiger partial charge on any atom is 0.271 e. The molecule has 0 spiro atoms. The van der Waals surface area contributed by atoms with E-state index in [0.29, 0.717) is 6.61 Å². The highest BCUT2D eigenvalue weighted by atomic mass is 79.9. The maximum atomic E-state index is 12.8. The fraction of sp³-hybridized carbons (Fsp3) is 1.00. The predicted molar refractivity (Wildman–Crippen MR) is 69.1 cm³/mol. The van der Waals surface area contributed by atoms with Gasteiger partial charge in [-0.25, -0.2) is 0 Å². The van der Waals surface area contributed by atoms with Gasteiger partial charge in [0, 0.05) is 15.5 Å². The summed E-state index contributed by atoms with van der Waals surface area (Å²) in [6, 6.07) is 0. The van der Waals surface area contributed by atoms with Gasteiger partial charge in [0.1, 0.15) is 0 Å². The summed E-state index contributed by atoms with van der Waals surface area (Å²) in [5.41, 5.74) is 0. The van der Waals surface area contributed by atoms with Gasteiger partial charge in [-0.15, -0.1) is 0 Å². The van der Waals surface area contributed by atoms with Crippen molar-refractivity contribution in [2.24, 2.45) is 17.8 Å². The molecule has 2 nitrogen and oxygen atoms in total. The first kappa shape index (κ1) is 11.7. The van der Waals surface area contributed by atoms with Crippen LogP contribution in [-0.2, 0) is 9.09 Å². The number of halogens is 1. The van der Waals surface area contributed by atoms with Crippen LogP contribution in [0.1, 0.15) is 45.4 Å². The quantitative estimate of drug-likeness (QED) is 0.713. The Morgan fingerprint density at radius 1 is 1.19 bits per heavy atom. The molecule has 0 radical (unpaired) electrons. The van der Waals surface area contributed by atoms with Crippen molar-refractivity contribution in [3.63, 3.8) is 0 Å². The lowest BCUT2D eigenvalue weighted by Gasteiger charge is -2.57. The van der Waals surface area contributed by atoms with Crippen LogP contribution in [0.4, 0.5) is 0 Å². The fourth-order valence-corrected chi connectivity index (χ4v) is 8.65. The zero-order chi connectivity index (χ0) is 11.4. The molecule has 0 amide bonds.